The Labute approximate surface area is 122 Å². The minimum absolute atomic E-state index is 0.0383. The Bertz CT molecular complexity index is 411. The summed E-state index contributed by atoms with van der Waals surface area (Å²) in [7, 11) is 0. The maximum absolute atomic E-state index is 12.2. The molecule has 1 heterocycles. The van der Waals surface area contributed by atoms with Crippen molar-refractivity contribution in [2.45, 2.75) is 49.8 Å². The van der Waals surface area contributed by atoms with Crippen LogP contribution in [0.3, 0.4) is 0 Å². The van der Waals surface area contributed by atoms with Gasteiger partial charge >= 0.3 is 0 Å². The van der Waals surface area contributed by atoms with E-state index in [-0.39, 0.29) is 11.2 Å². The monoisotopic (exact) mass is 297 g/mol. The Hall–Kier alpha value is -0.670. The van der Waals surface area contributed by atoms with Crippen LogP contribution in [0, 0.1) is 11.3 Å². The summed E-state index contributed by atoms with van der Waals surface area (Å²) in [6.07, 6.45) is 4.78. The van der Waals surface area contributed by atoms with Gasteiger partial charge in [0.1, 0.15) is 9.91 Å². The normalized spacial score (nSPS) is 23.3. The first-order chi connectivity index (χ1) is 9.15. The van der Waals surface area contributed by atoms with E-state index in [4.69, 9.17) is 0 Å². The van der Waals surface area contributed by atoms with Crippen molar-refractivity contribution in [3.63, 3.8) is 0 Å². The van der Waals surface area contributed by atoms with E-state index in [1.54, 1.807) is 11.8 Å². The molecule has 2 aliphatic rings. The summed E-state index contributed by atoms with van der Waals surface area (Å²) in [4.78, 5) is 16.6. The van der Waals surface area contributed by atoms with E-state index in [9.17, 15) is 10.1 Å². The van der Waals surface area contributed by atoms with E-state index in [0.717, 1.165) is 48.8 Å². The molecule has 4 nitrogen and oxygen atoms in total. The Morgan fingerprint density at radius 2 is 2.26 bits per heavy atom. The number of carbonyl (C=O) groups is 1. The Balaban J connectivity index is 1.89. The number of thioether (sulfide) groups is 2. The van der Waals surface area contributed by atoms with Gasteiger partial charge in [-0.1, -0.05) is 42.8 Å². The van der Waals surface area contributed by atoms with Crippen molar-refractivity contribution < 1.29 is 4.79 Å². The van der Waals surface area contributed by atoms with E-state index in [1.807, 2.05) is 6.92 Å². The van der Waals surface area contributed by atoms with Crippen LogP contribution >= 0.6 is 23.5 Å². The maximum atomic E-state index is 12.2. The van der Waals surface area contributed by atoms with Crippen LogP contribution in [0.15, 0.2) is 4.99 Å². The average molecular weight is 297 g/mol. The number of hydrogen-bond acceptors (Lipinski definition) is 5. The lowest BCUT2D eigenvalue weighted by Gasteiger charge is -2.32. The van der Waals surface area contributed by atoms with Gasteiger partial charge in [0.05, 0.1) is 17.9 Å². The average Bonchev–Trinajstić information content (AvgIpc) is 2.92. The van der Waals surface area contributed by atoms with Gasteiger partial charge in [-0.05, 0) is 19.8 Å². The SMILES string of the molecule is CC(SC1=NCCS1)C(=O)NC1(C#N)CCCCC1. The van der Waals surface area contributed by atoms with Crippen molar-refractivity contribution in [1.82, 2.24) is 5.32 Å². The first-order valence-electron chi connectivity index (χ1n) is 6.72. The lowest BCUT2D eigenvalue weighted by molar-refractivity contribution is -0.121. The third-order valence-electron chi connectivity index (χ3n) is 3.49. The van der Waals surface area contributed by atoms with Crippen molar-refractivity contribution >= 4 is 33.8 Å². The first-order valence-corrected chi connectivity index (χ1v) is 8.59. The summed E-state index contributed by atoms with van der Waals surface area (Å²) < 4.78 is 0.998. The standard InChI is InChI=1S/C13H19N3OS2/c1-10(19-12-15-7-8-18-12)11(17)16-13(9-14)5-3-2-4-6-13/h10H,2-8H2,1H3,(H,16,17). The number of nitrogens with one attached hydrogen (secondary N) is 1. The Kier molecular flexibility index (Phi) is 5.17. The van der Waals surface area contributed by atoms with Gasteiger partial charge in [0, 0.05) is 5.75 Å². The molecule has 104 valence electrons. The van der Waals surface area contributed by atoms with Gasteiger partial charge in [0.25, 0.3) is 0 Å². The fraction of sp³-hybridized carbons (Fsp3) is 0.769. The largest absolute Gasteiger partial charge is 0.337 e. The molecule has 0 radical (unpaired) electrons. The van der Waals surface area contributed by atoms with E-state index >= 15 is 0 Å². The van der Waals surface area contributed by atoms with Gasteiger partial charge < -0.3 is 5.32 Å². The molecule has 1 N–H and O–H groups in total. The molecule has 0 aromatic heterocycles. The minimum Gasteiger partial charge on any atom is -0.337 e. The van der Waals surface area contributed by atoms with Crippen LogP contribution < -0.4 is 5.32 Å². The van der Waals surface area contributed by atoms with Crippen LogP contribution in [0.25, 0.3) is 0 Å². The summed E-state index contributed by atoms with van der Waals surface area (Å²) in [6, 6.07) is 2.32. The van der Waals surface area contributed by atoms with Crippen LogP contribution in [-0.2, 0) is 4.79 Å². The summed E-state index contributed by atoms with van der Waals surface area (Å²) in [5.41, 5.74) is -0.630. The molecule has 0 bridgehead atoms. The zero-order valence-electron chi connectivity index (χ0n) is 11.1. The molecule has 1 unspecified atom stereocenters. The first kappa shape index (κ1) is 14.7. The number of nitrogens with zero attached hydrogens (tertiary/aromatic N) is 2. The van der Waals surface area contributed by atoms with Gasteiger partial charge in [0.15, 0.2) is 0 Å². The van der Waals surface area contributed by atoms with E-state index in [2.05, 4.69) is 16.4 Å². The summed E-state index contributed by atoms with van der Waals surface area (Å²) >= 11 is 3.21. The molecule has 0 spiro atoms. The van der Waals surface area contributed by atoms with E-state index in [0.29, 0.717) is 0 Å². The molecule has 0 saturated heterocycles. The van der Waals surface area contributed by atoms with Crippen molar-refractivity contribution in [2.24, 2.45) is 4.99 Å². The molecule has 1 fully saturated rings. The van der Waals surface area contributed by atoms with Crippen LogP contribution in [0.1, 0.15) is 39.0 Å². The number of rotatable bonds is 3. The molecule has 1 amide bonds. The van der Waals surface area contributed by atoms with Crippen molar-refractivity contribution in [3.05, 3.63) is 0 Å². The molecule has 1 saturated carbocycles. The predicted octanol–water partition coefficient (Wildman–Crippen LogP) is 2.55. The number of carbonyl (C=O) groups excluding carboxylic acids is 1. The van der Waals surface area contributed by atoms with Gasteiger partial charge in [0.2, 0.25) is 5.91 Å². The maximum Gasteiger partial charge on any atom is 0.234 e. The molecule has 1 aliphatic heterocycles. The number of amides is 1. The van der Waals surface area contributed by atoms with Crippen LogP contribution in [-0.4, -0.2) is 33.4 Å². The Morgan fingerprint density at radius 1 is 1.53 bits per heavy atom. The van der Waals surface area contributed by atoms with Crippen molar-refractivity contribution in [2.75, 3.05) is 12.3 Å². The van der Waals surface area contributed by atoms with E-state index in [1.165, 1.54) is 11.8 Å². The summed E-state index contributed by atoms with van der Waals surface area (Å²) in [6.45, 7) is 2.73. The Morgan fingerprint density at radius 3 is 2.84 bits per heavy atom. The zero-order valence-corrected chi connectivity index (χ0v) is 12.8. The second-order valence-electron chi connectivity index (χ2n) is 5.00. The third kappa shape index (κ3) is 3.90. The second-order valence-corrected chi connectivity index (χ2v) is 7.67. The lowest BCUT2D eigenvalue weighted by atomic mass is 9.83. The molecule has 19 heavy (non-hydrogen) atoms. The van der Waals surface area contributed by atoms with Gasteiger partial charge in [-0.25, -0.2) is 0 Å². The van der Waals surface area contributed by atoms with Crippen LogP contribution in [0.4, 0.5) is 0 Å². The quantitative estimate of drug-likeness (QED) is 0.869. The molecule has 0 aromatic carbocycles. The lowest BCUT2D eigenvalue weighted by Crippen LogP contribution is -2.51. The smallest absolute Gasteiger partial charge is 0.234 e. The molecule has 2 rings (SSSR count). The topological polar surface area (TPSA) is 65.2 Å². The molecular weight excluding hydrogens is 278 g/mol. The van der Waals surface area contributed by atoms with Gasteiger partial charge in [-0.3, -0.25) is 9.79 Å². The van der Waals surface area contributed by atoms with E-state index < -0.39 is 5.54 Å². The summed E-state index contributed by atoms with van der Waals surface area (Å²) in [5, 5.41) is 12.1. The molecule has 6 heteroatoms. The van der Waals surface area contributed by atoms with Crippen molar-refractivity contribution in [3.8, 4) is 6.07 Å². The highest BCUT2D eigenvalue weighted by Crippen LogP contribution is 2.29. The molecular formula is C13H19N3OS2. The highest BCUT2D eigenvalue weighted by Gasteiger charge is 2.35. The number of aliphatic imine (C=N–C) groups is 1. The number of nitriles is 1. The third-order valence-corrected chi connectivity index (χ3v) is 5.79. The predicted molar refractivity (Wildman–Crippen MR) is 81.4 cm³/mol. The zero-order chi connectivity index (χ0) is 13.7. The van der Waals surface area contributed by atoms with Crippen molar-refractivity contribution in [1.29, 1.82) is 5.26 Å². The van der Waals surface area contributed by atoms with Crippen LogP contribution in [0.2, 0.25) is 0 Å². The molecule has 1 atom stereocenters. The molecule has 0 aromatic rings. The fourth-order valence-electron chi connectivity index (χ4n) is 2.35. The fourth-order valence-corrected chi connectivity index (χ4v) is 4.48. The summed E-state index contributed by atoms with van der Waals surface area (Å²) in [5.74, 6) is 0.974. The molecule has 1 aliphatic carbocycles. The highest BCUT2D eigenvalue weighted by molar-refractivity contribution is 8.39. The van der Waals surface area contributed by atoms with Crippen LogP contribution in [0.5, 0.6) is 0 Å². The number of hydrogen-bond donors (Lipinski definition) is 1. The highest BCUT2D eigenvalue weighted by atomic mass is 32.2. The van der Waals surface area contributed by atoms with Gasteiger partial charge in [-0.15, -0.1) is 0 Å². The van der Waals surface area contributed by atoms with Gasteiger partial charge in [-0.2, -0.15) is 5.26 Å². The minimum atomic E-state index is -0.630. The second kappa shape index (κ2) is 6.67.